The van der Waals surface area contributed by atoms with Crippen molar-refractivity contribution < 1.29 is 4.92 Å². The lowest BCUT2D eigenvalue weighted by Gasteiger charge is -2.11. The van der Waals surface area contributed by atoms with Crippen molar-refractivity contribution >= 4 is 34.4 Å². The van der Waals surface area contributed by atoms with E-state index in [0.29, 0.717) is 10.7 Å². The molecule has 6 heteroatoms. The van der Waals surface area contributed by atoms with Crippen molar-refractivity contribution in [1.82, 2.24) is 0 Å². The molecular formula is C13H12ClN3O2. The van der Waals surface area contributed by atoms with Gasteiger partial charge in [0.1, 0.15) is 5.69 Å². The minimum Gasteiger partial charge on any atom is -0.393 e. The van der Waals surface area contributed by atoms with Gasteiger partial charge in [0.2, 0.25) is 0 Å². The predicted molar refractivity (Wildman–Crippen MR) is 77.0 cm³/mol. The highest BCUT2D eigenvalue weighted by molar-refractivity contribution is 6.33. The molecular weight excluding hydrogens is 266 g/mol. The summed E-state index contributed by atoms with van der Waals surface area (Å²) in [6.07, 6.45) is 0. The molecule has 0 aliphatic heterocycles. The van der Waals surface area contributed by atoms with Crippen molar-refractivity contribution in [2.75, 3.05) is 11.1 Å². The van der Waals surface area contributed by atoms with Crippen LogP contribution in [0.25, 0.3) is 0 Å². The third-order valence-corrected chi connectivity index (χ3v) is 3.03. The first-order valence-electron chi connectivity index (χ1n) is 5.55. The summed E-state index contributed by atoms with van der Waals surface area (Å²) in [4.78, 5) is 10.2. The Labute approximate surface area is 115 Å². The molecule has 3 N–H and O–H groups in total. The fourth-order valence-corrected chi connectivity index (χ4v) is 2.00. The molecule has 98 valence electrons. The summed E-state index contributed by atoms with van der Waals surface area (Å²) in [5.74, 6) is 0. The van der Waals surface area contributed by atoms with Gasteiger partial charge in [0, 0.05) is 11.8 Å². The van der Waals surface area contributed by atoms with Gasteiger partial charge in [-0.3, -0.25) is 10.1 Å². The van der Waals surface area contributed by atoms with Gasteiger partial charge >= 0.3 is 0 Å². The molecule has 0 saturated heterocycles. The van der Waals surface area contributed by atoms with E-state index < -0.39 is 4.92 Å². The van der Waals surface area contributed by atoms with Gasteiger partial charge in [-0.25, -0.2) is 0 Å². The topological polar surface area (TPSA) is 81.2 Å². The normalized spacial score (nSPS) is 10.2. The Balaban J connectivity index is 2.34. The monoisotopic (exact) mass is 277 g/mol. The number of anilines is 3. The van der Waals surface area contributed by atoms with E-state index in [0.717, 1.165) is 11.3 Å². The maximum absolute atomic E-state index is 10.7. The highest BCUT2D eigenvalue weighted by Gasteiger charge is 2.12. The molecule has 0 atom stereocenters. The van der Waals surface area contributed by atoms with E-state index in [9.17, 15) is 10.1 Å². The number of hydrogen-bond acceptors (Lipinski definition) is 4. The standard InChI is InChI=1S/C13H12ClN3O2/c1-8-3-2-4-10(14)13(8)16-9-5-6-12(17(18)19)11(15)7-9/h2-7,16H,15H2,1H3. The van der Waals surface area contributed by atoms with Gasteiger partial charge in [0.15, 0.2) is 0 Å². The van der Waals surface area contributed by atoms with Crippen LogP contribution in [0.3, 0.4) is 0 Å². The van der Waals surface area contributed by atoms with E-state index in [1.54, 1.807) is 12.1 Å². The maximum Gasteiger partial charge on any atom is 0.292 e. The molecule has 0 heterocycles. The van der Waals surface area contributed by atoms with Gasteiger partial charge in [0.25, 0.3) is 5.69 Å². The molecule has 0 saturated carbocycles. The van der Waals surface area contributed by atoms with Crippen LogP contribution in [0.15, 0.2) is 36.4 Å². The number of nitro groups is 1. The lowest BCUT2D eigenvalue weighted by atomic mass is 10.2. The highest BCUT2D eigenvalue weighted by atomic mass is 35.5. The number of nitrogens with zero attached hydrogens (tertiary/aromatic N) is 1. The van der Waals surface area contributed by atoms with Crippen LogP contribution in [0.2, 0.25) is 5.02 Å². The molecule has 0 aliphatic rings. The first kappa shape index (κ1) is 13.2. The Hall–Kier alpha value is -2.27. The molecule has 0 bridgehead atoms. The van der Waals surface area contributed by atoms with E-state index in [4.69, 9.17) is 17.3 Å². The molecule has 2 rings (SSSR count). The zero-order chi connectivity index (χ0) is 14.0. The number of aryl methyl sites for hydroxylation is 1. The summed E-state index contributed by atoms with van der Waals surface area (Å²) in [6, 6.07) is 10.0. The van der Waals surface area contributed by atoms with Crippen molar-refractivity contribution in [3.63, 3.8) is 0 Å². The second-order valence-corrected chi connectivity index (χ2v) is 4.49. The summed E-state index contributed by atoms with van der Waals surface area (Å²) >= 11 is 6.10. The Morgan fingerprint density at radius 3 is 2.63 bits per heavy atom. The van der Waals surface area contributed by atoms with Crippen molar-refractivity contribution in [1.29, 1.82) is 0 Å². The van der Waals surface area contributed by atoms with Crippen LogP contribution in [0.5, 0.6) is 0 Å². The first-order chi connectivity index (χ1) is 8.99. The number of halogens is 1. The molecule has 2 aromatic rings. The van der Waals surface area contributed by atoms with Crippen molar-refractivity contribution in [2.45, 2.75) is 6.92 Å². The fourth-order valence-electron chi connectivity index (χ4n) is 1.73. The van der Waals surface area contributed by atoms with Crippen molar-refractivity contribution in [3.05, 3.63) is 57.1 Å². The Bertz CT molecular complexity index is 624. The third-order valence-electron chi connectivity index (χ3n) is 2.72. The molecule has 2 aromatic carbocycles. The fraction of sp³-hybridized carbons (Fsp3) is 0.0769. The maximum atomic E-state index is 10.7. The average Bonchev–Trinajstić information content (AvgIpc) is 2.33. The second kappa shape index (κ2) is 5.16. The Morgan fingerprint density at radius 2 is 2.05 bits per heavy atom. The number of nitrogen functional groups attached to an aromatic ring is 1. The van der Waals surface area contributed by atoms with Crippen LogP contribution in [0.1, 0.15) is 5.56 Å². The molecule has 0 aromatic heterocycles. The number of hydrogen-bond donors (Lipinski definition) is 2. The SMILES string of the molecule is Cc1cccc(Cl)c1Nc1ccc([N+](=O)[O-])c(N)c1. The van der Waals surface area contributed by atoms with Crippen LogP contribution in [-0.4, -0.2) is 4.92 Å². The van der Waals surface area contributed by atoms with Crippen LogP contribution in [-0.2, 0) is 0 Å². The van der Waals surface area contributed by atoms with Crippen molar-refractivity contribution in [2.24, 2.45) is 0 Å². The third kappa shape index (κ3) is 2.77. The first-order valence-corrected chi connectivity index (χ1v) is 5.93. The van der Waals surface area contributed by atoms with Gasteiger partial charge in [-0.05, 0) is 30.7 Å². The van der Waals surface area contributed by atoms with Gasteiger partial charge < -0.3 is 11.1 Å². The van der Waals surface area contributed by atoms with Gasteiger partial charge in [-0.15, -0.1) is 0 Å². The molecule has 0 fully saturated rings. The van der Waals surface area contributed by atoms with Crippen molar-refractivity contribution in [3.8, 4) is 0 Å². The van der Waals surface area contributed by atoms with E-state index >= 15 is 0 Å². The van der Waals surface area contributed by atoms with E-state index in [1.165, 1.54) is 12.1 Å². The average molecular weight is 278 g/mol. The molecule has 0 spiro atoms. The lowest BCUT2D eigenvalue weighted by Crippen LogP contribution is -1.98. The zero-order valence-electron chi connectivity index (χ0n) is 10.2. The number of benzene rings is 2. The Kier molecular flexibility index (Phi) is 3.57. The molecule has 19 heavy (non-hydrogen) atoms. The molecule has 0 aliphatic carbocycles. The quantitative estimate of drug-likeness (QED) is 0.507. The van der Waals surface area contributed by atoms with Gasteiger partial charge in [0.05, 0.1) is 15.6 Å². The number of para-hydroxylation sites is 1. The van der Waals surface area contributed by atoms with E-state index in [2.05, 4.69) is 5.32 Å². The lowest BCUT2D eigenvalue weighted by molar-refractivity contribution is -0.383. The van der Waals surface area contributed by atoms with Crippen LogP contribution in [0.4, 0.5) is 22.7 Å². The number of nitrogens with two attached hydrogens (primary N) is 1. The summed E-state index contributed by atoms with van der Waals surface area (Å²) < 4.78 is 0. The van der Waals surface area contributed by atoms with Crippen LogP contribution < -0.4 is 11.1 Å². The Morgan fingerprint density at radius 1 is 1.32 bits per heavy atom. The molecule has 5 nitrogen and oxygen atoms in total. The summed E-state index contributed by atoms with van der Waals surface area (Å²) in [7, 11) is 0. The highest BCUT2D eigenvalue weighted by Crippen LogP contribution is 2.31. The number of rotatable bonds is 3. The molecule has 0 unspecified atom stereocenters. The minimum absolute atomic E-state index is 0.110. The van der Waals surface area contributed by atoms with E-state index in [1.807, 2.05) is 19.1 Å². The van der Waals surface area contributed by atoms with Crippen LogP contribution in [0, 0.1) is 17.0 Å². The summed E-state index contributed by atoms with van der Waals surface area (Å²) in [5, 5.41) is 14.4. The zero-order valence-corrected chi connectivity index (χ0v) is 10.9. The number of nitrogens with one attached hydrogen (secondary N) is 1. The smallest absolute Gasteiger partial charge is 0.292 e. The van der Waals surface area contributed by atoms with Gasteiger partial charge in [-0.2, -0.15) is 0 Å². The largest absolute Gasteiger partial charge is 0.393 e. The summed E-state index contributed by atoms with van der Waals surface area (Å²) in [6.45, 7) is 1.92. The van der Waals surface area contributed by atoms with Crippen LogP contribution >= 0.6 is 11.6 Å². The van der Waals surface area contributed by atoms with Gasteiger partial charge in [-0.1, -0.05) is 23.7 Å². The predicted octanol–water partition coefficient (Wildman–Crippen LogP) is 3.88. The minimum atomic E-state index is -0.514. The second-order valence-electron chi connectivity index (χ2n) is 4.09. The summed E-state index contributed by atoms with van der Waals surface area (Å²) in [5.41, 5.74) is 8.03. The van der Waals surface area contributed by atoms with E-state index in [-0.39, 0.29) is 11.4 Å². The molecule has 0 amide bonds. The number of nitro benzene ring substituents is 1. The molecule has 0 radical (unpaired) electrons.